The SMILES string of the molecule is CC(=O)C(Cc1ccc(OCCCOCc2ccccc2)cc1)C1=CC=C(C(C)(C)C)C=CC1. The number of hydrogen-bond donors (Lipinski definition) is 0. The van der Waals surface area contributed by atoms with E-state index in [1.165, 1.54) is 16.7 Å². The minimum Gasteiger partial charge on any atom is -0.494 e. The Morgan fingerprint density at radius 2 is 1.68 bits per heavy atom. The van der Waals surface area contributed by atoms with Crippen molar-refractivity contribution in [3.05, 3.63) is 101 Å². The second-order valence-corrected chi connectivity index (χ2v) is 9.97. The molecule has 0 aliphatic heterocycles. The number of carbonyl (C=O) groups excluding carboxylic acids is 1. The molecule has 34 heavy (non-hydrogen) atoms. The van der Waals surface area contributed by atoms with Gasteiger partial charge in [-0.15, -0.1) is 0 Å². The molecule has 0 bridgehead atoms. The number of ketones is 1. The van der Waals surface area contributed by atoms with Crippen LogP contribution in [0.5, 0.6) is 5.75 Å². The van der Waals surface area contributed by atoms with Crippen molar-refractivity contribution in [1.82, 2.24) is 0 Å². The number of rotatable bonds is 11. The molecule has 180 valence electrons. The lowest BCUT2D eigenvalue weighted by molar-refractivity contribution is -0.119. The van der Waals surface area contributed by atoms with Crippen LogP contribution < -0.4 is 4.74 Å². The maximum absolute atomic E-state index is 12.5. The molecule has 2 aromatic rings. The number of ether oxygens (including phenoxy) is 2. The van der Waals surface area contributed by atoms with Crippen LogP contribution in [0.3, 0.4) is 0 Å². The first kappa shape index (κ1) is 25.7. The zero-order chi connectivity index (χ0) is 24.4. The number of Topliss-reactive ketones (excluding diaryl/α,β-unsaturated/α-hetero) is 1. The number of carbonyl (C=O) groups is 1. The second-order valence-electron chi connectivity index (χ2n) is 9.97. The van der Waals surface area contributed by atoms with Crippen LogP contribution in [0.25, 0.3) is 0 Å². The van der Waals surface area contributed by atoms with Gasteiger partial charge in [0.2, 0.25) is 0 Å². The average molecular weight is 459 g/mol. The fourth-order valence-corrected chi connectivity index (χ4v) is 4.01. The fourth-order valence-electron chi connectivity index (χ4n) is 4.01. The van der Waals surface area contributed by atoms with Crippen molar-refractivity contribution in [2.75, 3.05) is 13.2 Å². The van der Waals surface area contributed by atoms with Crippen LogP contribution in [0, 0.1) is 11.3 Å². The van der Waals surface area contributed by atoms with Crippen LogP contribution in [0.4, 0.5) is 0 Å². The Morgan fingerprint density at radius 3 is 2.35 bits per heavy atom. The van der Waals surface area contributed by atoms with Crippen molar-refractivity contribution in [2.45, 2.75) is 53.6 Å². The van der Waals surface area contributed by atoms with Crippen molar-refractivity contribution in [3.8, 4) is 5.75 Å². The highest BCUT2D eigenvalue weighted by Crippen LogP contribution is 2.31. The molecule has 0 aromatic heterocycles. The molecule has 1 aliphatic rings. The maximum Gasteiger partial charge on any atom is 0.137 e. The van der Waals surface area contributed by atoms with Crippen molar-refractivity contribution in [2.24, 2.45) is 11.3 Å². The monoisotopic (exact) mass is 458 g/mol. The molecule has 0 heterocycles. The summed E-state index contributed by atoms with van der Waals surface area (Å²) in [7, 11) is 0. The van der Waals surface area contributed by atoms with Gasteiger partial charge < -0.3 is 9.47 Å². The molecule has 0 amide bonds. The quantitative estimate of drug-likeness (QED) is 0.332. The second kappa shape index (κ2) is 12.5. The van der Waals surface area contributed by atoms with Gasteiger partial charge in [-0.2, -0.15) is 0 Å². The van der Waals surface area contributed by atoms with Crippen LogP contribution in [-0.2, 0) is 22.6 Å². The Hall–Kier alpha value is -2.91. The summed E-state index contributed by atoms with van der Waals surface area (Å²) < 4.78 is 11.6. The molecule has 0 saturated heterocycles. The summed E-state index contributed by atoms with van der Waals surface area (Å²) in [6.45, 7) is 10.3. The van der Waals surface area contributed by atoms with E-state index >= 15 is 0 Å². The first-order valence-electron chi connectivity index (χ1n) is 12.2. The van der Waals surface area contributed by atoms with E-state index < -0.39 is 0 Å². The predicted molar refractivity (Wildman–Crippen MR) is 140 cm³/mol. The first-order valence-corrected chi connectivity index (χ1v) is 12.2. The lowest BCUT2D eigenvalue weighted by Crippen LogP contribution is -2.16. The van der Waals surface area contributed by atoms with Gasteiger partial charge in [0.05, 0.1) is 19.8 Å². The largest absolute Gasteiger partial charge is 0.494 e. The minimum atomic E-state index is -0.103. The molecule has 0 N–H and O–H groups in total. The molecular weight excluding hydrogens is 420 g/mol. The van der Waals surface area contributed by atoms with E-state index in [2.05, 4.69) is 69.3 Å². The van der Waals surface area contributed by atoms with E-state index in [0.717, 1.165) is 24.2 Å². The highest BCUT2D eigenvalue weighted by Gasteiger charge is 2.21. The maximum atomic E-state index is 12.5. The number of allylic oxidation sites excluding steroid dienone is 6. The van der Waals surface area contributed by atoms with Crippen LogP contribution in [-0.4, -0.2) is 19.0 Å². The lowest BCUT2D eigenvalue weighted by atomic mass is 9.86. The van der Waals surface area contributed by atoms with Gasteiger partial charge in [-0.1, -0.05) is 93.1 Å². The first-order chi connectivity index (χ1) is 16.3. The Kier molecular flexibility index (Phi) is 9.47. The third kappa shape index (κ3) is 8.14. The topological polar surface area (TPSA) is 35.5 Å². The normalized spacial score (nSPS) is 14.7. The summed E-state index contributed by atoms with van der Waals surface area (Å²) in [4.78, 5) is 12.5. The number of benzene rings is 2. The molecular formula is C31H38O3. The van der Waals surface area contributed by atoms with Crippen LogP contribution >= 0.6 is 0 Å². The zero-order valence-corrected chi connectivity index (χ0v) is 21.1. The zero-order valence-electron chi connectivity index (χ0n) is 21.1. The number of hydrogen-bond acceptors (Lipinski definition) is 3. The van der Waals surface area contributed by atoms with Gasteiger partial charge in [0, 0.05) is 12.3 Å². The summed E-state index contributed by atoms with van der Waals surface area (Å²) in [5.74, 6) is 0.956. The molecule has 2 aromatic carbocycles. The van der Waals surface area contributed by atoms with Crippen molar-refractivity contribution in [3.63, 3.8) is 0 Å². The highest BCUT2D eigenvalue weighted by atomic mass is 16.5. The van der Waals surface area contributed by atoms with Crippen molar-refractivity contribution in [1.29, 1.82) is 0 Å². The lowest BCUT2D eigenvalue weighted by Gasteiger charge is -2.19. The molecule has 3 rings (SSSR count). The Labute approximate surface area is 205 Å². The summed E-state index contributed by atoms with van der Waals surface area (Å²) in [6, 6.07) is 18.3. The summed E-state index contributed by atoms with van der Waals surface area (Å²) >= 11 is 0. The molecule has 0 fully saturated rings. The third-order valence-electron chi connectivity index (χ3n) is 6.11. The molecule has 3 heteroatoms. The molecule has 0 radical (unpaired) electrons. The molecule has 0 spiro atoms. The molecule has 1 atom stereocenters. The van der Waals surface area contributed by atoms with E-state index in [4.69, 9.17) is 9.47 Å². The van der Waals surface area contributed by atoms with Crippen molar-refractivity contribution < 1.29 is 14.3 Å². The van der Waals surface area contributed by atoms with Gasteiger partial charge in [0.1, 0.15) is 11.5 Å². The standard InChI is InChI=1S/C31H38O3/c1-24(32)30(27-12-8-13-28(17-16-27)31(2,3)4)22-25-14-18-29(19-15-25)34-21-9-20-33-23-26-10-6-5-7-11-26/h5-8,10-11,13-19,30H,9,12,20-23H2,1-4H3. The predicted octanol–water partition coefficient (Wildman–Crippen LogP) is 7.28. The Bertz CT molecular complexity index is 1000. The van der Waals surface area contributed by atoms with Crippen molar-refractivity contribution >= 4 is 5.78 Å². The minimum absolute atomic E-state index is 0.0953. The van der Waals surface area contributed by atoms with Crippen LogP contribution in [0.2, 0.25) is 0 Å². The summed E-state index contributed by atoms with van der Waals surface area (Å²) in [5.41, 5.74) is 4.89. The van der Waals surface area contributed by atoms with E-state index in [0.29, 0.717) is 26.2 Å². The van der Waals surface area contributed by atoms with E-state index in [-0.39, 0.29) is 17.1 Å². The summed E-state index contributed by atoms with van der Waals surface area (Å²) in [5, 5.41) is 0. The highest BCUT2D eigenvalue weighted by molar-refractivity contribution is 5.81. The van der Waals surface area contributed by atoms with Gasteiger partial charge in [0.15, 0.2) is 0 Å². The Morgan fingerprint density at radius 1 is 0.941 bits per heavy atom. The smallest absolute Gasteiger partial charge is 0.137 e. The molecule has 3 nitrogen and oxygen atoms in total. The van der Waals surface area contributed by atoms with Gasteiger partial charge in [-0.05, 0) is 54.0 Å². The van der Waals surface area contributed by atoms with Gasteiger partial charge in [-0.3, -0.25) is 4.79 Å². The van der Waals surface area contributed by atoms with Gasteiger partial charge >= 0.3 is 0 Å². The van der Waals surface area contributed by atoms with Gasteiger partial charge in [0.25, 0.3) is 0 Å². The average Bonchev–Trinajstić information content (AvgIpc) is 3.07. The van der Waals surface area contributed by atoms with Crippen LogP contribution in [0.15, 0.2) is 90.0 Å². The molecule has 0 saturated carbocycles. The third-order valence-corrected chi connectivity index (χ3v) is 6.11. The summed E-state index contributed by atoms with van der Waals surface area (Å²) in [6.07, 6.45) is 11.1. The van der Waals surface area contributed by atoms with E-state index in [9.17, 15) is 4.79 Å². The van der Waals surface area contributed by atoms with Gasteiger partial charge in [-0.25, -0.2) is 0 Å². The molecule has 1 unspecified atom stereocenters. The Balaban J connectivity index is 1.48. The van der Waals surface area contributed by atoms with E-state index in [1.54, 1.807) is 6.92 Å². The molecule has 1 aliphatic carbocycles. The van der Waals surface area contributed by atoms with Crippen LogP contribution in [0.1, 0.15) is 51.7 Å². The van der Waals surface area contributed by atoms with E-state index in [1.807, 2.05) is 30.3 Å². The fraction of sp³-hybridized carbons (Fsp3) is 0.387.